The van der Waals surface area contributed by atoms with E-state index in [-0.39, 0.29) is 11.8 Å². The Balaban J connectivity index is 1.64. The molecule has 0 spiro atoms. The normalized spacial score (nSPS) is 17.2. The maximum Gasteiger partial charge on any atom is 0.231 e. The van der Waals surface area contributed by atoms with Gasteiger partial charge in [0.15, 0.2) is 0 Å². The van der Waals surface area contributed by atoms with Crippen LogP contribution in [0.25, 0.3) is 10.9 Å². The van der Waals surface area contributed by atoms with Gasteiger partial charge < -0.3 is 14.3 Å². The molecule has 4 rings (SSSR count). The number of hydrogen-bond acceptors (Lipinski definition) is 2. The lowest BCUT2D eigenvalue weighted by atomic mass is 9.86. The molecule has 0 aliphatic heterocycles. The number of nitrogens with one attached hydrogen (secondary N) is 1. The van der Waals surface area contributed by atoms with E-state index in [1.807, 2.05) is 19.2 Å². The number of aryl methyl sites for hydroxylation is 1. The first-order valence-corrected chi connectivity index (χ1v) is 8.09. The summed E-state index contributed by atoms with van der Waals surface area (Å²) in [5, 5.41) is 1.26. The van der Waals surface area contributed by atoms with Gasteiger partial charge in [0.25, 0.3) is 0 Å². The topological polar surface area (TPSA) is 49.2 Å². The fourth-order valence-corrected chi connectivity index (χ4v) is 3.66. The summed E-state index contributed by atoms with van der Waals surface area (Å²) in [5.74, 6) is 0.113. The molecular formula is C19H20N2O2. The summed E-state index contributed by atoms with van der Waals surface area (Å²) in [4.78, 5) is 18.2. The summed E-state index contributed by atoms with van der Waals surface area (Å²) in [7, 11) is 1.87. The van der Waals surface area contributed by atoms with E-state index in [0.717, 1.165) is 36.0 Å². The van der Waals surface area contributed by atoms with Crippen molar-refractivity contribution in [1.29, 1.82) is 0 Å². The first-order chi connectivity index (χ1) is 11.2. The molecule has 1 N–H and O–H groups in total. The Labute approximate surface area is 135 Å². The minimum Gasteiger partial charge on any atom is -0.472 e. The van der Waals surface area contributed by atoms with E-state index in [4.69, 9.17) is 4.42 Å². The molecule has 1 aliphatic carbocycles. The van der Waals surface area contributed by atoms with Gasteiger partial charge in [0, 0.05) is 35.8 Å². The van der Waals surface area contributed by atoms with E-state index >= 15 is 0 Å². The van der Waals surface area contributed by atoms with E-state index in [9.17, 15) is 4.79 Å². The third-order valence-electron chi connectivity index (χ3n) is 4.79. The van der Waals surface area contributed by atoms with Crippen LogP contribution < -0.4 is 0 Å². The first kappa shape index (κ1) is 14.1. The van der Waals surface area contributed by atoms with Gasteiger partial charge in [-0.3, -0.25) is 4.79 Å². The second kappa shape index (κ2) is 5.61. The van der Waals surface area contributed by atoms with Gasteiger partial charge >= 0.3 is 0 Å². The smallest absolute Gasteiger partial charge is 0.231 e. The van der Waals surface area contributed by atoms with Gasteiger partial charge in [0.1, 0.15) is 0 Å². The van der Waals surface area contributed by atoms with Crippen molar-refractivity contribution in [1.82, 2.24) is 9.88 Å². The van der Waals surface area contributed by atoms with Crippen LogP contribution in [0.2, 0.25) is 0 Å². The molecule has 4 nitrogen and oxygen atoms in total. The molecule has 1 aliphatic rings. The number of para-hydroxylation sites is 1. The predicted molar refractivity (Wildman–Crippen MR) is 89.2 cm³/mol. The highest BCUT2D eigenvalue weighted by molar-refractivity contribution is 5.90. The van der Waals surface area contributed by atoms with Crippen molar-refractivity contribution in [2.24, 2.45) is 0 Å². The number of furan rings is 1. The fraction of sp³-hybridized carbons (Fsp3) is 0.316. The van der Waals surface area contributed by atoms with Crippen LogP contribution in [0, 0.1) is 0 Å². The summed E-state index contributed by atoms with van der Waals surface area (Å²) in [6.07, 6.45) is 6.36. The monoisotopic (exact) mass is 308 g/mol. The number of carbonyl (C=O) groups excluding carboxylic acids is 1. The van der Waals surface area contributed by atoms with Crippen molar-refractivity contribution in [2.75, 3.05) is 7.05 Å². The Bertz CT molecular complexity index is 832. The van der Waals surface area contributed by atoms with Crippen molar-refractivity contribution in [3.8, 4) is 0 Å². The van der Waals surface area contributed by atoms with Crippen molar-refractivity contribution in [2.45, 2.75) is 31.7 Å². The summed E-state index contributed by atoms with van der Waals surface area (Å²) in [5.41, 5.74) is 4.59. The molecule has 0 saturated carbocycles. The number of aromatic nitrogens is 1. The summed E-state index contributed by atoms with van der Waals surface area (Å²) in [6, 6.07) is 10.2. The number of aromatic amines is 1. The van der Waals surface area contributed by atoms with E-state index in [0.29, 0.717) is 6.54 Å². The summed E-state index contributed by atoms with van der Waals surface area (Å²) in [6.45, 7) is 0.585. The number of rotatable bonds is 3. The zero-order chi connectivity index (χ0) is 15.8. The Morgan fingerprint density at radius 1 is 1.35 bits per heavy atom. The van der Waals surface area contributed by atoms with Crippen LogP contribution in [0.1, 0.15) is 35.6 Å². The molecule has 23 heavy (non-hydrogen) atoms. The molecule has 1 aromatic carbocycles. The average molecular weight is 308 g/mol. The van der Waals surface area contributed by atoms with Crippen LogP contribution >= 0.6 is 0 Å². The van der Waals surface area contributed by atoms with Gasteiger partial charge in [-0.15, -0.1) is 0 Å². The average Bonchev–Trinajstić information content (AvgIpc) is 3.21. The predicted octanol–water partition coefficient (Wildman–Crippen LogP) is 3.84. The number of likely N-dealkylation sites (N-methyl/N-ethyl adjacent to an activating group) is 1. The SMILES string of the molecule is CN(Cc1ccoc1)C(=O)C1CCCc2c1[nH]c1ccccc21. The van der Waals surface area contributed by atoms with Crippen LogP contribution in [-0.2, 0) is 17.8 Å². The second-order valence-electron chi connectivity index (χ2n) is 6.33. The largest absolute Gasteiger partial charge is 0.472 e. The standard InChI is InChI=1S/C19H20N2O2/c1-21(11-13-9-10-23-12-13)19(22)16-7-4-6-15-14-5-2-3-8-17(14)20-18(15)16/h2-3,5,8-10,12,16,20H,4,6-7,11H2,1H3. The minimum absolute atomic E-state index is 0.0666. The molecule has 118 valence electrons. The number of H-pyrrole nitrogens is 1. The van der Waals surface area contributed by atoms with E-state index < -0.39 is 0 Å². The molecule has 4 heteroatoms. The highest BCUT2D eigenvalue weighted by Crippen LogP contribution is 2.37. The van der Waals surface area contributed by atoms with Gasteiger partial charge in [-0.2, -0.15) is 0 Å². The number of benzene rings is 1. The molecule has 2 heterocycles. The zero-order valence-corrected chi connectivity index (χ0v) is 13.2. The summed E-state index contributed by atoms with van der Waals surface area (Å²) < 4.78 is 5.09. The van der Waals surface area contributed by atoms with Gasteiger partial charge in [-0.25, -0.2) is 0 Å². The van der Waals surface area contributed by atoms with Crippen molar-refractivity contribution in [3.05, 3.63) is 59.7 Å². The first-order valence-electron chi connectivity index (χ1n) is 8.09. The molecule has 0 saturated heterocycles. The van der Waals surface area contributed by atoms with Crippen LogP contribution in [0.15, 0.2) is 47.3 Å². The van der Waals surface area contributed by atoms with Crippen molar-refractivity contribution >= 4 is 16.8 Å². The van der Waals surface area contributed by atoms with Gasteiger partial charge in [-0.05, 0) is 37.0 Å². The fourth-order valence-electron chi connectivity index (χ4n) is 3.66. The second-order valence-corrected chi connectivity index (χ2v) is 6.33. The van der Waals surface area contributed by atoms with Gasteiger partial charge in [0.2, 0.25) is 5.91 Å². The lowest BCUT2D eigenvalue weighted by molar-refractivity contribution is -0.132. The molecule has 1 atom stereocenters. The lowest BCUT2D eigenvalue weighted by Gasteiger charge is -2.26. The Hall–Kier alpha value is -2.49. The lowest BCUT2D eigenvalue weighted by Crippen LogP contribution is -2.33. The molecule has 0 fully saturated rings. The number of amides is 1. The number of fused-ring (bicyclic) bond motifs is 3. The maximum absolute atomic E-state index is 12.9. The maximum atomic E-state index is 12.9. The van der Waals surface area contributed by atoms with Crippen LogP contribution in [0.5, 0.6) is 0 Å². The third kappa shape index (κ3) is 2.44. The molecular weight excluding hydrogens is 288 g/mol. The van der Waals surface area contributed by atoms with Crippen molar-refractivity contribution in [3.63, 3.8) is 0 Å². The Morgan fingerprint density at radius 2 is 2.22 bits per heavy atom. The highest BCUT2D eigenvalue weighted by Gasteiger charge is 2.31. The van der Waals surface area contributed by atoms with Crippen LogP contribution in [-0.4, -0.2) is 22.8 Å². The highest BCUT2D eigenvalue weighted by atomic mass is 16.3. The van der Waals surface area contributed by atoms with Gasteiger partial charge in [-0.1, -0.05) is 18.2 Å². The molecule has 1 unspecified atom stereocenters. The molecule has 1 amide bonds. The van der Waals surface area contributed by atoms with E-state index in [1.165, 1.54) is 10.9 Å². The third-order valence-corrected chi connectivity index (χ3v) is 4.79. The summed E-state index contributed by atoms with van der Waals surface area (Å²) >= 11 is 0. The number of carbonyl (C=O) groups is 1. The Kier molecular flexibility index (Phi) is 3.45. The molecule has 3 aromatic rings. The molecule has 0 bridgehead atoms. The number of hydrogen-bond donors (Lipinski definition) is 1. The van der Waals surface area contributed by atoms with E-state index in [2.05, 4.69) is 23.2 Å². The van der Waals surface area contributed by atoms with Crippen LogP contribution in [0.4, 0.5) is 0 Å². The molecule has 2 aromatic heterocycles. The van der Waals surface area contributed by atoms with Crippen LogP contribution in [0.3, 0.4) is 0 Å². The van der Waals surface area contributed by atoms with Gasteiger partial charge in [0.05, 0.1) is 18.4 Å². The zero-order valence-electron chi connectivity index (χ0n) is 13.2. The Morgan fingerprint density at radius 3 is 3.04 bits per heavy atom. The van der Waals surface area contributed by atoms with Crippen molar-refractivity contribution < 1.29 is 9.21 Å². The van der Waals surface area contributed by atoms with E-state index in [1.54, 1.807) is 17.4 Å². The quantitative estimate of drug-likeness (QED) is 0.799. The minimum atomic E-state index is -0.0666. The number of nitrogens with zero attached hydrogens (tertiary/aromatic N) is 1. The molecule has 0 radical (unpaired) electrons.